The first kappa shape index (κ1) is 24.5. The summed E-state index contributed by atoms with van der Waals surface area (Å²) in [6, 6.07) is 2.92. The second-order valence-corrected chi connectivity index (χ2v) is 7.15. The molecule has 154 valence electrons. The highest BCUT2D eigenvalue weighted by molar-refractivity contribution is 14.0. The molecule has 2 rings (SSSR count). The van der Waals surface area contributed by atoms with E-state index >= 15 is 0 Å². The summed E-state index contributed by atoms with van der Waals surface area (Å²) >= 11 is 12.0. The zero-order valence-electron chi connectivity index (χ0n) is 15.3. The predicted octanol–water partition coefficient (Wildman–Crippen LogP) is 4.22. The number of hydrogen-bond acceptors (Lipinski definition) is 3. The monoisotopic (exact) mass is 536 g/mol. The predicted molar refractivity (Wildman–Crippen MR) is 117 cm³/mol. The molecule has 1 aromatic carbocycles. The number of aliphatic imine (C=N–C) groups is 1. The van der Waals surface area contributed by atoms with Gasteiger partial charge in [-0.3, -0.25) is 4.99 Å². The van der Waals surface area contributed by atoms with Gasteiger partial charge in [-0.15, -0.1) is 24.0 Å². The Balaban J connectivity index is 0.00000364. The molecule has 0 amide bonds. The molecular weight excluding hydrogens is 512 g/mol. The van der Waals surface area contributed by atoms with Crippen molar-refractivity contribution in [3.63, 3.8) is 0 Å². The lowest BCUT2D eigenvalue weighted by Crippen LogP contribution is -2.42. The lowest BCUT2D eigenvalue weighted by atomic mass is 9.97. The van der Waals surface area contributed by atoms with Gasteiger partial charge in [-0.05, 0) is 51.0 Å². The topological polar surface area (TPSA) is 48.9 Å². The Bertz CT molecular complexity index is 629. The van der Waals surface area contributed by atoms with Crippen LogP contribution in [-0.4, -0.2) is 51.2 Å². The van der Waals surface area contributed by atoms with Crippen molar-refractivity contribution in [2.45, 2.75) is 26.0 Å². The van der Waals surface area contributed by atoms with Gasteiger partial charge >= 0.3 is 6.61 Å². The van der Waals surface area contributed by atoms with Crippen LogP contribution in [0, 0.1) is 5.92 Å². The molecule has 2 N–H and O–H groups in total. The van der Waals surface area contributed by atoms with Gasteiger partial charge in [0.1, 0.15) is 5.75 Å². The fourth-order valence-corrected chi connectivity index (χ4v) is 3.45. The Morgan fingerprint density at radius 1 is 1.30 bits per heavy atom. The van der Waals surface area contributed by atoms with E-state index in [0.29, 0.717) is 22.5 Å². The van der Waals surface area contributed by atoms with Crippen LogP contribution in [0.1, 0.15) is 18.4 Å². The molecule has 5 nitrogen and oxygen atoms in total. The number of ether oxygens (including phenoxy) is 1. The first-order chi connectivity index (χ1) is 12.4. The minimum Gasteiger partial charge on any atom is -0.433 e. The summed E-state index contributed by atoms with van der Waals surface area (Å²) in [5.41, 5.74) is 0.435. The number of benzene rings is 1. The molecule has 0 radical (unpaired) electrons. The lowest BCUT2D eigenvalue weighted by molar-refractivity contribution is -0.0504. The second kappa shape index (κ2) is 12.1. The molecule has 0 atom stereocenters. The molecule has 0 unspecified atom stereocenters. The maximum Gasteiger partial charge on any atom is 0.387 e. The average Bonchev–Trinajstić information content (AvgIpc) is 2.59. The Morgan fingerprint density at radius 3 is 2.56 bits per heavy atom. The summed E-state index contributed by atoms with van der Waals surface area (Å²) in [7, 11) is 3.78. The molecule has 1 aliphatic rings. The maximum absolute atomic E-state index is 12.6. The number of alkyl halides is 2. The highest BCUT2D eigenvalue weighted by atomic mass is 127. The molecule has 1 aromatic rings. The van der Waals surface area contributed by atoms with Gasteiger partial charge in [-0.2, -0.15) is 8.78 Å². The van der Waals surface area contributed by atoms with E-state index in [1.54, 1.807) is 13.1 Å². The van der Waals surface area contributed by atoms with E-state index in [-0.39, 0.29) is 41.3 Å². The van der Waals surface area contributed by atoms with Crippen molar-refractivity contribution < 1.29 is 13.5 Å². The van der Waals surface area contributed by atoms with E-state index in [1.807, 2.05) is 0 Å². The quantitative estimate of drug-likeness (QED) is 0.325. The van der Waals surface area contributed by atoms with Crippen LogP contribution in [0.3, 0.4) is 0 Å². The molecule has 0 aliphatic carbocycles. The van der Waals surface area contributed by atoms with E-state index in [1.165, 1.54) is 6.07 Å². The van der Waals surface area contributed by atoms with E-state index in [0.717, 1.165) is 32.5 Å². The third-order valence-electron chi connectivity index (χ3n) is 4.36. The molecule has 1 heterocycles. The summed E-state index contributed by atoms with van der Waals surface area (Å²) in [5.74, 6) is 1.09. The Hall–Kier alpha value is -0.580. The van der Waals surface area contributed by atoms with Crippen molar-refractivity contribution >= 4 is 53.1 Å². The summed E-state index contributed by atoms with van der Waals surface area (Å²) in [4.78, 5) is 6.48. The summed E-state index contributed by atoms with van der Waals surface area (Å²) in [6.07, 6.45) is 2.27. The standard InChI is InChI=1S/C17H24Cl2F2N4O.HI/c1-22-17(23-9-11-3-5-25(2)6-4-11)24-10-12-7-13(18)8-14(19)15(12)26-16(20)21;/h7-8,11,16H,3-6,9-10H2,1-2H3,(H2,22,23,24);1H. The molecule has 0 spiro atoms. The number of halogens is 5. The zero-order chi connectivity index (χ0) is 19.1. The minimum atomic E-state index is -2.96. The number of guanidine groups is 1. The molecular formula is C17H25Cl2F2IN4O. The number of likely N-dealkylation sites (tertiary alicyclic amines) is 1. The number of rotatable bonds is 6. The fourth-order valence-electron chi connectivity index (χ4n) is 2.87. The van der Waals surface area contributed by atoms with Gasteiger partial charge < -0.3 is 20.3 Å². The average molecular weight is 537 g/mol. The van der Waals surface area contributed by atoms with Crippen molar-refractivity contribution in [3.8, 4) is 5.75 Å². The van der Waals surface area contributed by atoms with Crippen molar-refractivity contribution in [3.05, 3.63) is 27.7 Å². The van der Waals surface area contributed by atoms with Gasteiger partial charge in [0.2, 0.25) is 0 Å². The third-order valence-corrected chi connectivity index (χ3v) is 4.86. The molecule has 0 saturated carbocycles. The van der Waals surface area contributed by atoms with E-state index in [2.05, 4.69) is 32.3 Å². The molecule has 0 bridgehead atoms. The normalized spacial score (nSPS) is 16.2. The minimum absolute atomic E-state index is 0. The van der Waals surface area contributed by atoms with Crippen molar-refractivity contribution in [1.82, 2.24) is 15.5 Å². The van der Waals surface area contributed by atoms with Crippen LogP contribution in [0.2, 0.25) is 10.0 Å². The molecule has 1 saturated heterocycles. The van der Waals surface area contributed by atoms with E-state index in [4.69, 9.17) is 23.2 Å². The molecule has 27 heavy (non-hydrogen) atoms. The van der Waals surface area contributed by atoms with Gasteiger partial charge in [-0.25, -0.2) is 0 Å². The SMILES string of the molecule is CN=C(NCc1cc(Cl)cc(Cl)c1OC(F)F)NCC1CCN(C)CC1.I. The van der Waals surface area contributed by atoms with Crippen LogP contribution in [-0.2, 0) is 6.54 Å². The molecule has 0 aromatic heterocycles. The van der Waals surface area contributed by atoms with Crippen LogP contribution in [0.4, 0.5) is 8.78 Å². The van der Waals surface area contributed by atoms with Crippen molar-refractivity contribution in [2.24, 2.45) is 10.9 Å². The van der Waals surface area contributed by atoms with E-state index in [9.17, 15) is 8.78 Å². The summed E-state index contributed by atoms with van der Waals surface area (Å²) in [6.45, 7) is 0.232. The molecule has 1 aliphatic heterocycles. The van der Waals surface area contributed by atoms with Gasteiger partial charge in [0.25, 0.3) is 0 Å². The largest absolute Gasteiger partial charge is 0.433 e. The number of hydrogen-bond donors (Lipinski definition) is 2. The van der Waals surface area contributed by atoms with Crippen molar-refractivity contribution in [2.75, 3.05) is 33.7 Å². The highest BCUT2D eigenvalue weighted by Crippen LogP contribution is 2.33. The van der Waals surface area contributed by atoms with Gasteiger partial charge in [0, 0.05) is 30.7 Å². The van der Waals surface area contributed by atoms with Crippen molar-refractivity contribution in [1.29, 1.82) is 0 Å². The number of nitrogens with zero attached hydrogens (tertiary/aromatic N) is 2. The van der Waals surface area contributed by atoms with Crippen LogP contribution < -0.4 is 15.4 Å². The first-order valence-electron chi connectivity index (χ1n) is 8.44. The Kier molecular flexibility index (Phi) is 10.9. The van der Waals surface area contributed by atoms with Crippen LogP contribution >= 0.6 is 47.2 Å². The summed E-state index contributed by atoms with van der Waals surface area (Å²) < 4.78 is 29.8. The molecule has 10 heteroatoms. The zero-order valence-corrected chi connectivity index (χ0v) is 19.1. The van der Waals surface area contributed by atoms with Gasteiger partial charge in [0.05, 0.1) is 5.02 Å². The van der Waals surface area contributed by atoms with Crippen LogP contribution in [0.5, 0.6) is 5.75 Å². The number of piperidine rings is 1. The van der Waals surface area contributed by atoms with Crippen LogP contribution in [0.25, 0.3) is 0 Å². The Labute approximate surface area is 185 Å². The first-order valence-corrected chi connectivity index (χ1v) is 9.20. The molecule has 1 fully saturated rings. The van der Waals surface area contributed by atoms with Gasteiger partial charge in [-0.1, -0.05) is 23.2 Å². The second-order valence-electron chi connectivity index (χ2n) is 6.31. The lowest BCUT2D eigenvalue weighted by Gasteiger charge is -2.29. The third kappa shape index (κ3) is 8.13. The number of nitrogens with one attached hydrogen (secondary N) is 2. The fraction of sp³-hybridized carbons (Fsp3) is 0.588. The Morgan fingerprint density at radius 2 is 1.96 bits per heavy atom. The maximum atomic E-state index is 12.6. The summed E-state index contributed by atoms with van der Waals surface area (Å²) in [5, 5.41) is 6.76. The van der Waals surface area contributed by atoms with Crippen LogP contribution in [0.15, 0.2) is 17.1 Å². The van der Waals surface area contributed by atoms with E-state index < -0.39 is 6.61 Å². The smallest absolute Gasteiger partial charge is 0.387 e. The highest BCUT2D eigenvalue weighted by Gasteiger charge is 2.18. The van der Waals surface area contributed by atoms with Gasteiger partial charge in [0.15, 0.2) is 5.96 Å².